The van der Waals surface area contributed by atoms with Crippen LogP contribution in [-0.4, -0.2) is 11.5 Å². The summed E-state index contributed by atoms with van der Waals surface area (Å²) < 4.78 is 0. The molecular formula is C10H22S2. The second-order valence-corrected chi connectivity index (χ2v) is 6.19. The minimum Gasteiger partial charge on any atom is -0.0941 e. The summed E-state index contributed by atoms with van der Waals surface area (Å²) >= 11 is 0. The van der Waals surface area contributed by atoms with Crippen LogP contribution in [0.5, 0.6) is 0 Å². The highest BCUT2D eigenvalue weighted by Gasteiger charge is 1.94. The summed E-state index contributed by atoms with van der Waals surface area (Å²) in [5.74, 6) is 3.49. The van der Waals surface area contributed by atoms with Gasteiger partial charge in [0, 0.05) is 11.5 Å². The number of unbranched alkanes of at least 4 members (excludes halogenated alkanes) is 3. The average molecular weight is 206 g/mol. The van der Waals surface area contributed by atoms with Crippen LogP contribution in [0.4, 0.5) is 0 Å². The van der Waals surface area contributed by atoms with Gasteiger partial charge in [-0.15, -0.1) is 0 Å². The van der Waals surface area contributed by atoms with Crippen LogP contribution in [-0.2, 0) is 0 Å². The van der Waals surface area contributed by atoms with E-state index in [4.69, 9.17) is 0 Å². The highest BCUT2D eigenvalue weighted by Crippen LogP contribution is 2.24. The molecule has 0 aliphatic heterocycles. The highest BCUT2D eigenvalue weighted by atomic mass is 33.1. The standard InChI is InChI=1S/C10H22S2/c1-4-5-6-7-8-11-12-9-10(2)3/h10H,4-9H2,1-3H3. The fourth-order valence-electron chi connectivity index (χ4n) is 0.831. The Labute approximate surface area is 85.7 Å². The van der Waals surface area contributed by atoms with E-state index in [0.29, 0.717) is 0 Å². The van der Waals surface area contributed by atoms with Crippen molar-refractivity contribution in [2.75, 3.05) is 11.5 Å². The van der Waals surface area contributed by atoms with E-state index in [0.717, 1.165) is 5.92 Å². The van der Waals surface area contributed by atoms with Crippen molar-refractivity contribution in [2.24, 2.45) is 5.92 Å². The molecule has 0 bridgehead atoms. The second kappa shape index (κ2) is 9.79. The molecule has 0 fully saturated rings. The lowest BCUT2D eigenvalue weighted by molar-refractivity contribution is 0.707. The van der Waals surface area contributed by atoms with Gasteiger partial charge in [-0.05, 0) is 12.3 Å². The Morgan fingerprint density at radius 1 is 1.00 bits per heavy atom. The van der Waals surface area contributed by atoms with Gasteiger partial charge < -0.3 is 0 Å². The molecular weight excluding hydrogens is 184 g/mol. The SMILES string of the molecule is CCCCCCSSCC(C)C. The Balaban J connectivity index is 2.82. The van der Waals surface area contributed by atoms with Gasteiger partial charge in [0.15, 0.2) is 0 Å². The molecule has 0 nitrogen and oxygen atoms in total. The van der Waals surface area contributed by atoms with E-state index >= 15 is 0 Å². The van der Waals surface area contributed by atoms with Crippen LogP contribution in [0, 0.1) is 5.92 Å². The molecule has 74 valence electrons. The van der Waals surface area contributed by atoms with E-state index in [2.05, 4.69) is 20.8 Å². The molecule has 0 unspecified atom stereocenters. The topological polar surface area (TPSA) is 0 Å². The summed E-state index contributed by atoms with van der Waals surface area (Å²) in [6.45, 7) is 6.83. The van der Waals surface area contributed by atoms with Gasteiger partial charge in [0.05, 0.1) is 0 Å². The van der Waals surface area contributed by atoms with Crippen molar-refractivity contribution in [3.05, 3.63) is 0 Å². The van der Waals surface area contributed by atoms with Crippen LogP contribution in [0.1, 0.15) is 46.5 Å². The minimum absolute atomic E-state index is 0.846. The first-order valence-electron chi connectivity index (χ1n) is 5.01. The van der Waals surface area contributed by atoms with Crippen LogP contribution < -0.4 is 0 Å². The zero-order valence-corrected chi connectivity index (χ0v) is 10.3. The van der Waals surface area contributed by atoms with Gasteiger partial charge in [-0.25, -0.2) is 0 Å². The molecule has 0 aliphatic rings. The summed E-state index contributed by atoms with van der Waals surface area (Å²) in [5, 5.41) is 0. The molecule has 0 aliphatic carbocycles. The third kappa shape index (κ3) is 10.7. The predicted octanol–water partition coefficient (Wildman–Crippen LogP) is 4.60. The first-order chi connectivity index (χ1) is 5.77. The van der Waals surface area contributed by atoms with Gasteiger partial charge in [-0.2, -0.15) is 0 Å². The maximum atomic E-state index is 2.28. The van der Waals surface area contributed by atoms with Crippen LogP contribution in [0.2, 0.25) is 0 Å². The van der Waals surface area contributed by atoms with E-state index in [1.165, 1.54) is 37.2 Å². The van der Waals surface area contributed by atoms with Gasteiger partial charge in [0.2, 0.25) is 0 Å². The summed E-state index contributed by atoms with van der Waals surface area (Å²) in [6, 6.07) is 0. The molecule has 2 heteroatoms. The fraction of sp³-hybridized carbons (Fsp3) is 1.00. The molecule has 0 amide bonds. The molecule has 0 rings (SSSR count). The molecule has 0 heterocycles. The van der Waals surface area contributed by atoms with Crippen molar-refractivity contribution in [3.8, 4) is 0 Å². The quantitative estimate of drug-likeness (QED) is 0.420. The molecule has 0 N–H and O–H groups in total. The maximum Gasteiger partial charge on any atom is 0.00600 e. The van der Waals surface area contributed by atoms with Crippen molar-refractivity contribution in [3.63, 3.8) is 0 Å². The van der Waals surface area contributed by atoms with E-state index in [1.54, 1.807) is 0 Å². The molecule has 0 atom stereocenters. The zero-order chi connectivity index (χ0) is 9.23. The minimum atomic E-state index is 0.846. The lowest BCUT2D eigenvalue weighted by Crippen LogP contribution is -1.88. The third-order valence-electron chi connectivity index (χ3n) is 1.57. The van der Waals surface area contributed by atoms with Crippen LogP contribution in [0.25, 0.3) is 0 Å². The van der Waals surface area contributed by atoms with Crippen LogP contribution >= 0.6 is 21.6 Å². The van der Waals surface area contributed by atoms with Crippen molar-refractivity contribution in [1.29, 1.82) is 0 Å². The first-order valence-corrected chi connectivity index (χ1v) is 7.50. The molecule has 12 heavy (non-hydrogen) atoms. The first kappa shape index (κ1) is 12.7. The molecule has 0 spiro atoms. The second-order valence-electron chi connectivity index (χ2n) is 3.56. The molecule has 0 radical (unpaired) electrons. The Bertz CT molecular complexity index is 81.9. The van der Waals surface area contributed by atoms with Crippen molar-refractivity contribution in [2.45, 2.75) is 46.5 Å². The van der Waals surface area contributed by atoms with Gasteiger partial charge in [0.1, 0.15) is 0 Å². The van der Waals surface area contributed by atoms with Crippen molar-refractivity contribution in [1.82, 2.24) is 0 Å². The number of hydrogen-bond acceptors (Lipinski definition) is 2. The van der Waals surface area contributed by atoms with E-state index in [9.17, 15) is 0 Å². The Morgan fingerprint density at radius 2 is 1.75 bits per heavy atom. The summed E-state index contributed by atoms with van der Waals surface area (Å²) in [6.07, 6.45) is 5.59. The van der Waals surface area contributed by atoms with Crippen molar-refractivity contribution >= 4 is 21.6 Å². The number of rotatable bonds is 8. The largest absolute Gasteiger partial charge is 0.0941 e. The summed E-state index contributed by atoms with van der Waals surface area (Å²) in [4.78, 5) is 0. The Kier molecular flexibility index (Phi) is 10.4. The Hall–Kier alpha value is 0.700. The molecule has 0 saturated carbocycles. The molecule has 0 aromatic heterocycles. The third-order valence-corrected chi connectivity index (χ3v) is 4.40. The van der Waals surface area contributed by atoms with Gasteiger partial charge in [-0.1, -0.05) is 61.6 Å². The highest BCUT2D eigenvalue weighted by molar-refractivity contribution is 8.76. The lowest BCUT2D eigenvalue weighted by Gasteiger charge is -2.03. The molecule has 0 aromatic carbocycles. The van der Waals surface area contributed by atoms with E-state index in [1.807, 2.05) is 21.6 Å². The van der Waals surface area contributed by atoms with Crippen LogP contribution in [0.3, 0.4) is 0 Å². The predicted molar refractivity (Wildman–Crippen MR) is 63.9 cm³/mol. The van der Waals surface area contributed by atoms with E-state index in [-0.39, 0.29) is 0 Å². The van der Waals surface area contributed by atoms with Crippen molar-refractivity contribution < 1.29 is 0 Å². The Morgan fingerprint density at radius 3 is 2.33 bits per heavy atom. The van der Waals surface area contributed by atoms with E-state index < -0.39 is 0 Å². The summed E-state index contributed by atoms with van der Waals surface area (Å²) in [5.41, 5.74) is 0. The molecule has 0 aromatic rings. The number of hydrogen-bond donors (Lipinski definition) is 0. The maximum absolute atomic E-state index is 2.28. The van der Waals surface area contributed by atoms with Gasteiger partial charge in [0.25, 0.3) is 0 Å². The lowest BCUT2D eigenvalue weighted by atomic mass is 10.2. The smallest absolute Gasteiger partial charge is 0.00600 e. The van der Waals surface area contributed by atoms with Gasteiger partial charge >= 0.3 is 0 Å². The van der Waals surface area contributed by atoms with Gasteiger partial charge in [-0.3, -0.25) is 0 Å². The zero-order valence-electron chi connectivity index (χ0n) is 8.64. The monoisotopic (exact) mass is 206 g/mol. The summed E-state index contributed by atoms with van der Waals surface area (Å²) in [7, 11) is 4.08. The average Bonchev–Trinajstić information content (AvgIpc) is 2.02. The normalized spacial score (nSPS) is 11.0. The molecule has 0 saturated heterocycles. The van der Waals surface area contributed by atoms with Crippen LogP contribution in [0.15, 0.2) is 0 Å². The fourth-order valence-corrected chi connectivity index (χ4v) is 3.45.